The number of amides is 2. The molecule has 2 aromatic carbocycles. The Morgan fingerprint density at radius 3 is 2.55 bits per heavy atom. The van der Waals surface area contributed by atoms with Crippen LogP contribution in [-0.4, -0.2) is 61.0 Å². The van der Waals surface area contributed by atoms with Crippen molar-refractivity contribution in [1.82, 2.24) is 30.1 Å². The number of hydrogen-bond acceptors (Lipinski definition) is 7. The molecule has 2 aliphatic rings. The van der Waals surface area contributed by atoms with Gasteiger partial charge in [-0.1, -0.05) is 48.9 Å². The normalized spacial score (nSPS) is 20.7. The first-order valence-electron chi connectivity index (χ1n) is 17.7. The number of nitrogens with zero attached hydrogens (tertiary/aromatic N) is 6. The Bertz CT molecular complexity index is 2080. The molecule has 12 nitrogen and oxygen atoms in total. The van der Waals surface area contributed by atoms with Crippen LogP contribution in [0.25, 0.3) is 22.5 Å². The Labute approximate surface area is 302 Å². The molecule has 51 heavy (non-hydrogen) atoms. The monoisotopic (exact) mass is 729 g/mol. The number of aromatic amines is 1. The average molecular weight is 730 g/mol. The molecule has 1 saturated carbocycles. The SMILES string of the molecule is [2H]C([2H])([2H])[n+]1cnc(-c2cc([C@@H](COC(=O)NC(C)(C)C(C)F)N3C(=O)[C@@](CC4(C)CC4)(c4ccc(-c5cnn(C(F)F)c5)cc4)N=C3N)ccc2Cl)[nH]1. The van der Waals surface area contributed by atoms with Crippen LogP contribution in [0.2, 0.25) is 5.02 Å². The minimum atomic E-state index is -2.80. The predicted molar refractivity (Wildman–Crippen MR) is 183 cm³/mol. The van der Waals surface area contributed by atoms with Crippen LogP contribution in [0.4, 0.5) is 18.0 Å². The highest BCUT2D eigenvalue weighted by molar-refractivity contribution is 6.33. The molecular formula is C35H40ClF3N9O3+. The van der Waals surface area contributed by atoms with Crippen LogP contribution in [0.3, 0.4) is 0 Å². The number of aliphatic imine (C=N–C) groups is 1. The Hall–Kier alpha value is -4.92. The number of ether oxygens (including phenoxy) is 1. The van der Waals surface area contributed by atoms with E-state index in [1.165, 1.54) is 44.1 Å². The third-order valence-electron chi connectivity index (χ3n) is 9.67. The van der Waals surface area contributed by atoms with Crippen molar-refractivity contribution in [2.75, 3.05) is 6.61 Å². The zero-order valence-electron chi connectivity index (χ0n) is 31.3. The fourth-order valence-electron chi connectivity index (χ4n) is 6.07. The van der Waals surface area contributed by atoms with Gasteiger partial charge >= 0.3 is 19.0 Å². The number of alkyl halides is 3. The number of nitrogens with two attached hydrogens (primary N) is 1. The standard InChI is InChI=1S/C35H39ClF3N9O3/c1-20(37)33(2,3)44-32(50)51-17-27(22-8-11-26(36)25(14-22)28-41-19-46(5)45-28)48-29(49)35(43-31(48)40,18-34(4)12-13-34)24-9-6-21(7-10-24)23-15-42-47(16-23)30(38)39/h6-11,14-16,19-20,27,30H,12-13,17-18H2,1-5H3,(H3,40,43,44,50)/p+1/t20?,27-,35-/m1/s1/i5D3. The number of alkyl carbamates (subject to hydrolysis) is 1. The molecule has 2 amide bonds. The third-order valence-corrected chi connectivity index (χ3v) is 10.00. The molecule has 1 aliphatic carbocycles. The second-order valence-corrected chi connectivity index (χ2v) is 14.4. The number of aromatic nitrogens is 5. The Morgan fingerprint density at radius 1 is 1.22 bits per heavy atom. The van der Waals surface area contributed by atoms with Gasteiger partial charge in [-0.05, 0) is 79.3 Å². The summed E-state index contributed by atoms with van der Waals surface area (Å²) in [5, 5.41) is 9.11. The van der Waals surface area contributed by atoms with Crippen LogP contribution >= 0.6 is 11.6 Å². The van der Waals surface area contributed by atoms with E-state index in [1.54, 1.807) is 36.4 Å². The summed E-state index contributed by atoms with van der Waals surface area (Å²) < 4.78 is 70.8. The first-order chi connectivity index (χ1) is 25.2. The van der Waals surface area contributed by atoms with Gasteiger partial charge in [-0.2, -0.15) is 23.7 Å². The second kappa shape index (κ2) is 13.3. The summed E-state index contributed by atoms with van der Waals surface area (Å²) in [6, 6.07) is 10.4. The van der Waals surface area contributed by atoms with Crippen molar-refractivity contribution < 1.29 is 36.3 Å². The zero-order valence-corrected chi connectivity index (χ0v) is 29.1. The number of guanidine groups is 1. The molecule has 4 aromatic rings. The molecule has 1 unspecified atom stereocenters. The maximum absolute atomic E-state index is 15.0. The average Bonchev–Trinajstić information content (AvgIpc) is 3.45. The number of nitrogens with one attached hydrogen (secondary N) is 2. The molecule has 1 aliphatic heterocycles. The van der Waals surface area contributed by atoms with Gasteiger partial charge in [0, 0.05) is 11.8 Å². The minimum absolute atomic E-state index is 0.110. The van der Waals surface area contributed by atoms with E-state index in [-0.39, 0.29) is 27.8 Å². The summed E-state index contributed by atoms with van der Waals surface area (Å²) in [5.74, 6) is -0.556. The van der Waals surface area contributed by atoms with Crippen LogP contribution in [0.15, 0.2) is 66.2 Å². The maximum atomic E-state index is 15.0. The van der Waals surface area contributed by atoms with Crippen LogP contribution in [0, 0.1) is 5.41 Å². The molecular weight excluding hydrogens is 687 g/mol. The number of rotatable bonds is 12. The van der Waals surface area contributed by atoms with E-state index in [2.05, 4.69) is 20.5 Å². The fourth-order valence-corrected chi connectivity index (χ4v) is 6.28. The van der Waals surface area contributed by atoms with E-state index >= 15 is 4.79 Å². The molecule has 270 valence electrons. The molecule has 0 saturated heterocycles. The number of carbonyl (C=O) groups is 2. The molecule has 16 heteroatoms. The van der Waals surface area contributed by atoms with E-state index in [0.717, 1.165) is 23.9 Å². The molecule has 0 spiro atoms. The number of halogens is 4. The van der Waals surface area contributed by atoms with Crippen molar-refractivity contribution in [2.24, 2.45) is 23.1 Å². The molecule has 0 bridgehead atoms. The van der Waals surface area contributed by atoms with Gasteiger partial charge in [-0.3, -0.25) is 9.69 Å². The number of carbonyl (C=O) groups excluding carboxylic acids is 2. The van der Waals surface area contributed by atoms with Gasteiger partial charge in [0.25, 0.3) is 11.7 Å². The molecule has 4 N–H and O–H groups in total. The number of hydrogen-bond donors (Lipinski definition) is 3. The Morgan fingerprint density at radius 2 is 1.94 bits per heavy atom. The predicted octanol–water partition coefficient (Wildman–Crippen LogP) is 5.96. The van der Waals surface area contributed by atoms with Crippen LogP contribution in [0.1, 0.15) is 74.8 Å². The lowest BCUT2D eigenvalue weighted by Gasteiger charge is -2.33. The van der Waals surface area contributed by atoms with E-state index < -0.39 is 55.4 Å². The number of H-pyrrole nitrogens is 1. The Balaban J connectivity index is 1.40. The van der Waals surface area contributed by atoms with Crippen molar-refractivity contribution >= 4 is 29.6 Å². The van der Waals surface area contributed by atoms with Crippen LogP contribution in [0.5, 0.6) is 0 Å². The smallest absolute Gasteiger partial charge is 0.407 e. The zero-order chi connectivity index (χ0) is 39.4. The van der Waals surface area contributed by atoms with Crippen LogP contribution in [-0.2, 0) is 22.0 Å². The van der Waals surface area contributed by atoms with Crippen molar-refractivity contribution in [3.63, 3.8) is 0 Å². The van der Waals surface area contributed by atoms with Crippen molar-refractivity contribution in [2.45, 2.75) is 76.8 Å². The highest BCUT2D eigenvalue weighted by atomic mass is 35.5. The molecule has 3 atom stereocenters. The minimum Gasteiger partial charge on any atom is -0.447 e. The summed E-state index contributed by atoms with van der Waals surface area (Å²) >= 11 is 6.57. The third kappa shape index (κ3) is 7.16. The van der Waals surface area contributed by atoms with E-state index in [1.807, 2.05) is 6.92 Å². The first kappa shape index (κ1) is 32.0. The lowest BCUT2D eigenvalue weighted by atomic mass is 9.79. The van der Waals surface area contributed by atoms with Gasteiger partial charge in [0.2, 0.25) is 0 Å². The summed E-state index contributed by atoms with van der Waals surface area (Å²) in [5.41, 5.74) is 5.84. The highest BCUT2D eigenvalue weighted by Gasteiger charge is 2.57. The number of benzene rings is 2. The van der Waals surface area contributed by atoms with Crippen LogP contribution < -0.4 is 15.7 Å². The fraction of sp³-hybridized carbons (Fsp3) is 0.429. The summed E-state index contributed by atoms with van der Waals surface area (Å²) in [7, 11) is 0. The van der Waals surface area contributed by atoms with Gasteiger partial charge in [0.05, 0.1) is 32.5 Å². The maximum Gasteiger partial charge on any atom is 0.407 e. The summed E-state index contributed by atoms with van der Waals surface area (Å²) in [4.78, 5) is 38.3. The lowest BCUT2D eigenvalue weighted by molar-refractivity contribution is -0.727. The summed E-state index contributed by atoms with van der Waals surface area (Å²) in [6.07, 6.45) is 3.26. The van der Waals surface area contributed by atoms with Gasteiger partial charge in [0.15, 0.2) is 11.5 Å². The van der Waals surface area contributed by atoms with Gasteiger partial charge in [-0.25, -0.2) is 18.9 Å². The highest BCUT2D eigenvalue weighted by Crippen LogP contribution is 2.56. The second-order valence-electron chi connectivity index (χ2n) is 13.9. The number of aryl methyl sites for hydroxylation is 1. The van der Waals surface area contributed by atoms with Crippen molar-refractivity contribution in [3.05, 3.63) is 77.3 Å². The largest absolute Gasteiger partial charge is 0.447 e. The van der Waals surface area contributed by atoms with Crippen molar-refractivity contribution in [3.8, 4) is 22.5 Å². The summed E-state index contributed by atoms with van der Waals surface area (Å²) in [6.45, 7) is 0.518. The van der Waals surface area contributed by atoms with Crippen molar-refractivity contribution in [1.29, 1.82) is 0 Å². The molecule has 0 radical (unpaired) electrons. The van der Waals surface area contributed by atoms with E-state index in [9.17, 15) is 18.0 Å². The topological polar surface area (TPSA) is 147 Å². The van der Waals surface area contributed by atoms with Gasteiger partial charge < -0.3 is 15.8 Å². The van der Waals surface area contributed by atoms with Gasteiger partial charge in [-0.15, -0.1) is 0 Å². The Kier molecular flexibility index (Phi) is 8.37. The molecule has 1 fully saturated rings. The quantitative estimate of drug-likeness (QED) is 0.153. The molecule has 6 rings (SSSR count). The lowest BCUT2D eigenvalue weighted by Crippen LogP contribution is -2.51. The first-order valence-corrected chi connectivity index (χ1v) is 16.6. The van der Waals surface area contributed by atoms with E-state index in [4.69, 9.17) is 31.2 Å². The molecule has 2 aromatic heterocycles. The van der Waals surface area contributed by atoms with Gasteiger partial charge in [0.1, 0.15) is 19.8 Å². The van der Waals surface area contributed by atoms with E-state index in [0.29, 0.717) is 33.4 Å². The molecule has 3 heterocycles.